The first-order valence-corrected chi connectivity index (χ1v) is 14.2. The van der Waals surface area contributed by atoms with Gasteiger partial charge in [0.2, 0.25) is 0 Å². The molecule has 0 aromatic rings. The predicted octanol–water partition coefficient (Wildman–Crippen LogP) is 1.32. The fourth-order valence-electron chi connectivity index (χ4n) is 1.56. The standard InChI is InChI=1S/C12H33NOSi3/c1-12(2,3)13(15)11-17(7,8)10-9-14-16(4,5)6/h13H,9-11,15H2,1-8H3/q+1. The first-order chi connectivity index (χ1) is 7.33. The van der Waals surface area contributed by atoms with Crippen LogP contribution in [0.15, 0.2) is 0 Å². The summed E-state index contributed by atoms with van der Waals surface area (Å²) in [5.41, 5.74) is 0.377. The summed E-state index contributed by atoms with van der Waals surface area (Å²) in [5.74, 6) is 0. The molecular formula is C12H33NOSi3+. The van der Waals surface area contributed by atoms with Gasteiger partial charge in [0.05, 0.1) is 5.54 Å². The van der Waals surface area contributed by atoms with Crippen LogP contribution in [0.2, 0.25) is 38.8 Å². The molecule has 0 bridgehead atoms. The number of rotatable bonds is 6. The minimum atomic E-state index is -1.32. The Balaban J connectivity index is 4.13. The molecular weight excluding hydrogens is 258 g/mol. The molecule has 2 nitrogen and oxygen atoms in total. The molecule has 0 aliphatic rings. The molecule has 0 aromatic heterocycles. The van der Waals surface area contributed by atoms with Crippen molar-refractivity contribution >= 4 is 26.8 Å². The molecule has 17 heavy (non-hydrogen) atoms. The van der Waals surface area contributed by atoms with Crippen LogP contribution in [-0.4, -0.2) is 45.1 Å². The molecule has 1 unspecified atom stereocenters. The maximum Gasteiger partial charge on any atom is 0.298 e. The number of quaternary nitrogens is 1. The van der Waals surface area contributed by atoms with E-state index in [1.807, 2.05) is 0 Å². The average Bonchev–Trinajstić information content (AvgIpc) is 1.97. The maximum absolute atomic E-state index is 6.00. The van der Waals surface area contributed by atoms with Crippen LogP contribution in [0, 0.1) is 0 Å². The fraction of sp³-hybridized carbons (Fsp3) is 1.00. The summed E-state index contributed by atoms with van der Waals surface area (Å²) in [6.45, 7) is 19.8. The van der Waals surface area contributed by atoms with Gasteiger partial charge in [-0.2, -0.15) is 0 Å². The molecule has 0 saturated carbocycles. The highest BCUT2D eigenvalue weighted by Crippen LogP contribution is 2.11. The molecule has 0 heterocycles. The molecule has 1 radical (unpaired) electrons. The van der Waals surface area contributed by atoms with Gasteiger partial charge in [-0.15, -0.1) is 0 Å². The van der Waals surface area contributed by atoms with Gasteiger partial charge in [0.15, 0.2) is 8.32 Å². The topological polar surface area (TPSA) is 13.7 Å². The largest absolute Gasteiger partial charge is 0.418 e. The summed E-state index contributed by atoms with van der Waals surface area (Å²) < 4.78 is 7.68. The maximum atomic E-state index is 6.00. The van der Waals surface area contributed by atoms with Crippen LogP contribution in [0.4, 0.5) is 0 Å². The molecule has 0 aliphatic heterocycles. The molecule has 0 spiro atoms. The van der Waals surface area contributed by atoms with Crippen molar-refractivity contribution in [3.63, 3.8) is 0 Å². The molecule has 0 rings (SSSR count). The van der Waals surface area contributed by atoms with Crippen molar-refractivity contribution in [1.29, 1.82) is 0 Å². The van der Waals surface area contributed by atoms with Crippen LogP contribution in [0.3, 0.4) is 0 Å². The Labute approximate surface area is 114 Å². The zero-order chi connectivity index (χ0) is 13.9. The summed E-state index contributed by atoms with van der Waals surface area (Å²) in [4.78, 5) is 0. The Kier molecular flexibility index (Phi) is 6.35. The minimum Gasteiger partial charge on any atom is -0.418 e. The Morgan fingerprint density at radius 1 is 1.06 bits per heavy atom. The van der Waals surface area contributed by atoms with Gasteiger partial charge in [-0.1, -0.05) is 13.1 Å². The van der Waals surface area contributed by atoms with Crippen molar-refractivity contribution in [1.82, 2.24) is 0 Å². The van der Waals surface area contributed by atoms with E-state index < -0.39 is 16.4 Å². The van der Waals surface area contributed by atoms with Crippen molar-refractivity contribution in [3.8, 4) is 0 Å². The quantitative estimate of drug-likeness (QED) is 0.729. The van der Waals surface area contributed by atoms with Crippen LogP contribution in [0.5, 0.6) is 0 Å². The molecule has 0 aliphatic carbocycles. The summed E-state index contributed by atoms with van der Waals surface area (Å²) in [7, 11) is -0.314. The van der Waals surface area contributed by atoms with E-state index in [1.54, 1.807) is 4.57 Å². The third-order valence-electron chi connectivity index (χ3n) is 3.07. The Morgan fingerprint density at radius 2 is 1.53 bits per heavy atom. The van der Waals surface area contributed by atoms with E-state index in [0.717, 1.165) is 6.61 Å². The van der Waals surface area contributed by atoms with Crippen LogP contribution < -0.4 is 4.57 Å². The molecule has 0 fully saturated rings. The highest BCUT2D eigenvalue weighted by atomic mass is 28.4. The van der Waals surface area contributed by atoms with Gasteiger partial charge in [0.25, 0.3) is 10.4 Å². The second kappa shape index (κ2) is 6.14. The van der Waals surface area contributed by atoms with Gasteiger partial charge < -0.3 is 8.99 Å². The monoisotopic (exact) mass is 291 g/mol. The second-order valence-electron chi connectivity index (χ2n) is 7.91. The number of nitrogens with one attached hydrogen (secondary N) is 1. The molecule has 0 aromatic carbocycles. The Bertz CT molecular complexity index is 231. The van der Waals surface area contributed by atoms with Gasteiger partial charge in [-0.3, -0.25) is 0 Å². The lowest BCUT2D eigenvalue weighted by Gasteiger charge is -2.36. The van der Waals surface area contributed by atoms with Crippen molar-refractivity contribution in [3.05, 3.63) is 0 Å². The van der Waals surface area contributed by atoms with Gasteiger partial charge in [0, 0.05) is 12.8 Å². The first kappa shape index (κ1) is 17.6. The summed E-state index contributed by atoms with van der Waals surface area (Å²) in [6.07, 6.45) is 1.35. The van der Waals surface area contributed by atoms with E-state index >= 15 is 0 Å². The highest BCUT2D eigenvalue weighted by Gasteiger charge is 2.30. The van der Waals surface area contributed by atoms with Crippen LogP contribution in [-0.2, 0) is 4.43 Å². The SMILES string of the molecule is CC(C)(C)[NH+]([SiH2])C[Si](C)(C)CCO[Si](C)(C)C. The normalized spacial score (nSPS) is 16.1. The van der Waals surface area contributed by atoms with Crippen molar-refractivity contribution in [2.75, 3.05) is 12.8 Å². The van der Waals surface area contributed by atoms with Crippen molar-refractivity contribution in [2.45, 2.75) is 65.1 Å². The molecule has 0 amide bonds. The van der Waals surface area contributed by atoms with Crippen molar-refractivity contribution in [2.24, 2.45) is 0 Å². The predicted molar refractivity (Wildman–Crippen MR) is 85.7 cm³/mol. The second-order valence-corrected chi connectivity index (χ2v) is 18.5. The van der Waals surface area contributed by atoms with Gasteiger partial charge >= 0.3 is 0 Å². The third-order valence-corrected chi connectivity index (χ3v) is 8.89. The minimum absolute atomic E-state index is 0.377. The summed E-state index contributed by atoms with van der Waals surface area (Å²) >= 11 is 0. The smallest absolute Gasteiger partial charge is 0.298 e. The van der Waals surface area contributed by atoms with E-state index in [2.05, 4.69) is 63.9 Å². The zero-order valence-corrected chi connectivity index (χ0v) is 16.7. The third kappa shape index (κ3) is 9.19. The van der Waals surface area contributed by atoms with E-state index in [1.165, 1.54) is 12.2 Å². The molecule has 0 saturated heterocycles. The molecule has 1 atom stereocenters. The number of hydrogen-bond acceptors (Lipinski definition) is 1. The Hall–Kier alpha value is 0.571. The summed E-state index contributed by atoms with van der Waals surface area (Å²) in [5, 5.41) is 0. The van der Waals surface area contributed by atoms with Gasteiger partial charge in [-0.05, 0) is 46.5 Å². The van der Waals surface area contributed by atoms with Crippen molar-refractivity contribution < 1.29 is 8.99 Å². The number of hydrogen-bond donors (Lipinski definition) is 1. The van der Waals surface area contributed by atoms with E-state index in [0.29, 0.717) is 5.54 Å². The van der Waals surface area contributed by atoms with Crippen LogP contribution in [0.25, 0.3) is 0 Å². The molecule has 1 N–H and O–H groups in total. The summed E-state index contributed by atoms with van der Waals surface area (Å²) in [6, 6.07) is 1.30. The average molecular weight is 292 g/mol. The lowest BCUT2D eigenvalue weighted by atomic mass is 10.1. The lowest BCUT2D eigenvalue weighted by molar-refractivity contribution is -0.822. The molecule has 103 valence electrons. The van der Waals surface area contributed by atoms with Gasteiger partial charge in [-0.25, -0.2) is 0 Å². The lowest BCUT2D eigenvalue weighted by Crippen LogP contribution is -3.19. The van der Waals surface area contributed by atoms with Crippen LogP contribution >= 0.6 is 0 Å². The van der Waals surface area contributed by atoms with Gasteiger partial charge in [0.1, 0.15) is 8.07 Å². The Morgan fingerprint density at radius 3 is 1.88 bits per heavy atom. The zero-order valence-electron chi connectivity index (χ0n) is 13.2. The highest BCUT2D eigenvalue weighted by molar-refractivity contribution is 6.77. The van der Waals surface area contributed by atoms with E-state index in [9.17, 15) is 0 Å². The van der Waals surface area contributed by atoms with E-state index in [-0.39, 0.29) is 0 Å². The first-order valence-electron chi connectivity index (χ1n) is 6.66. The van der Waals surface area contributed by atoms with E-state index in [4.69, 9.17) is 4.43 Å². The molecule has 5 heteroatoms. The van der Waals surface area contributed by atoms with Crippen LogP contribution in [0.1, 0.15) is 20.8 Å². The fourth-order valence-corrected chi connectivity index (χ4v) is 7.03.